The van der Waals surface area contributed by atoms with Gasteiger partial charge in [0.1, 0.15) is 5.69 Å². The number of carbonyl (C=O) groups excluding carboxylic acids is 1. The van der Waals surface area contributed by atoms with Crippen molar-refractivity contribution >= 4 is 5.97 Å². The minimum atomic E-state index is -0.393. The van der Waals surface area contributed by atoms with Gasteiger partial charge in [-0.25, -0.2) is 9.78 Å². The lowest BCUT2D eigenvalue weighted by molar-refractivity contribution is 0.0593. The van der Waals surface area contributed by atoms with Gasteiger partial charge >= 0.3 is 5.97 Å². The van der Waals surface area contributed by atoms with Gasteiger partial charge in [0.05, 0.1) is 13.7 Å². The van der Waals surface area contributed by atoms with Gasteiger partial charge in [0.2, 0.25) is 0 Å². The number of ether oxygens (including phenoxy) is 2. The molecule has 1 fully saturated rings. The highest BCUT2D eigenvalue weighted by Crippen LogP contribution is 2.23. The quantitative estimate of drug-likeness (QED) is 0.687. The van der Waals surface area contributed by atoms with Crippen LogP contribution in [0.15, 0.2) is 18.2 Å². The monoisotopic (exact) mass is 207 g/mol. The van der Waals surface area contributed by atoms with E-state index in [0.29, 0.717) is 18.2 Å². The summed E-state index contributed by atoms with van der Waals surface area (Å²) < 4.78 is 9.90. The van der Waals surface area contributed by atoms with Crippen molar-refractivity contribution in [2.75, 3.05) is 20.3 Å². The van der Waals surface area contributed by atoms with E-state index >= 15 is 0 Å². The van der Waals surface area contributed by atoms with Crippen LogP contribution >= 0.6 is 0 Å². The summed E-state index contributed by atoms with van der Waals surface area (Å²) in [7, 11) is 1.36. The molecule has 1 unspecified atom stereocenters. The van der Waals surface area contributed by atoms with Gasteiger partial charge in [0.15, 0.2) is 0 Å². The molecule has 0 saturated carbocycles. The summed E-state index contributed by atoms with van der Waals surface area (Å²) in [6.07, 6.45) is 0.970. The largest absolute Gasteiger partial charge is 0.464 e. The maximum Gasteiger partial charge on any atom is 0.356 e. The topological polar surface area (TPSA) is 48.4 Å². The van der Waals surface area contributed by atoms with Gasteiger partial charge in [0, 0.05) is 18.2 Å². The molecule has 1 atom stereocenters. The summed E-state index contributed by atoms with van der Waals surface area (Å²) in [5, 5.41) is 0. The Morgan fingerprint density at radius 2 is 2.47 bits per heavy atom. The highest BCUT2D eigenvalue weighted by molar-refractivity contribution is 5.87. The van der Waals surface area contributed by atoms with E-state index in [-0.39, 0.29) is 0 Å². The number of pyridine rings is 1. The van der Waals surface area contributed by atoms with Crippen molar-refractivity contribution in [1.29, 1.82) is 0 Å². The molecule has 80 valence electrons. The molecule has 15 heavy (non-hydrogen) atoms. The maximum atomic E-state index is 11.3. The summed E-state index contributed by atoms with van der Waals surface area (Å²) in [6, 6.07) is 5.41. The summed E-state index contributed by atoms with van der Waals surface area (Å²) in [5.74, 6) is -0.0784. The first-order chi connectivity index (χ1) is 7.31. The van der Waals surface area contributed by atoms with Crippen molar-refractivity contribution in [2.45, 2.75) is 12.3 Å². The molecule has 1 aliphatic heterocycles. The molecule has 1 aromatic rings. The van der Waals surface area contributed by atoms with Gasteiger partial charge in [0.25, 0.3) is 0 Å². The molecule has 0 spiro atoms. The molecule has 4 nitrogen and oxygen atoms in total. The van der Waals surface area contributed by atoms with Gasteiger partial charge in [-0.15, -0.1) is 0 Å². The Labute approximate surface area is 88.2 Å². The molecule has 1 saturated heterocycles. The van der Waals surface area contributed by atoms with E-state index < -0.39 is 5.97 Å². The number of hydrogen-bond donors (Lipinski definition) is 0. The van der Waals surface area contributed by atoms with Crippen molar-refractivity contribution in [3.05, 3.63) is 29.6 Å². The number of aromatic nitrogens is 1. The average molecular weight is 207 g/mol. The van der Waals surface area contributed by atoms with Crippen LogP contribution in [-0.2, 0) is 9.47 Å². The molecule has 0 amide bonds. The Hall–Kier alpha value is -1.42. The van der Waals surface area contributed by atoms with Crippen LogP contribution in [0.2, 0.25) is 0 Å². The number of esters is 1. The van der Waals surface area contributed by atoms with Crippen LogP contribution in [0.5, 0.6) is 0 Å². The predicted octanol–water partition coefficient (Wildman–Crippen LogP) is 1.37. The van der Waals surface area contributed by atoms with Gasteiger partial charge in [-0.3, -0.25) is 0 Å². The molecule has 4 heteroatoms. The second kappa shape index (κ2) is 4.40. The fourth-order valence-electron chi connectivity index (χ4n) is 1.66. The first-order valence-electron chi connectivity index (χ1n) is 4.94. The minimum absolute atomic E-state index is 0.314. The van der Waals surface area contributed by atoms with Crippen LogP contribution < -0.4 is 0 Å². The van der Waals surface area contributed by atoms with E-state index in [1.54, 1.807) is 6.07 Å². The highest BCUT2D eigenvalue weighted by atomic mass is 16.5. The summed E-state index contributed by atoms with van der Waals surface area (Å²) >= 11 is 0. The molecular weight excluding hydrogens is 194 g/mol. The predicted molar refractivity (Wildman–Crippen MR) is 53.8 cm³/mol. The zero-order valence-electron chi connectivity index (χ0n) is 8.60. The zero-order chi connectivity index (χ0) is 10.7. The fraction of sp³-hybridized carbons (Fsp3) is 0.455. The van der Waals surface area contributed by atoms with Crippen molar-refractivity contribution in [3.63, 3.8) is 0 Å². The Balaban J connectivity index is 2.21. The van der Waals surface area contributed by atoms with Crippen molar-refractivity contribution in [1.82, 2.24) is 4.98 Å². The van der Waals surface area contributed by atoms with Crippen LogP contribution in [0, 0.1) is 0 Å². The summed E-state index contributed by atoms with van der Waals surface area (Å²) in [4.78, 5) is 15.5. The second-order valence-corrected chi connectivity index (χ2v) is 3.50. The lowest BCUT2D eigenvalue weighted by atomic mass is 10.0. The Kier molecular flexibility index (Phi) is 2.97. The Bertz CT molecular complexity index is 359. The van der Waals surface area contributed by atoms with Gasteiger partial charge in [-0.1, -0.05) is 6.07 Å². The molecular formula is C11H13NO3. The van der Waals surface area contributed by atoms with Gasteiger partial charge in [-0.05, 0) is 18.6 Å². The van der Waals surface area contributed by atoms with E-state index in [2.05, 4.69) is 9.72 Å². The number of hydrogen-bond acceptors (Lipinski definition) is 4. The van der Waals surface area contributed by atoms with E-state index in [9.17, 15) is 4.79 Å². The molecule has 0 N–H and O–H groups in total. The minimum Gasteiger partial charge on any atom is -0.464 e. The van der Waals surface area contributed by atoms with Crippen LogP contribution in [-0.4, -0.2) is 31.3 Å². The molecule has 0 aliphatic carbocycles. The average Bonchev–Trinajstić information content (AvgIpc) is 2.82. The third-order valence-corrected chi connectivity index (χ3v) is 2.51. The molecule has 2 rings (SSSR count). The number of nitrogens with zero attached hydrogens (tertiary/aromatic N) is 1. The molecule has 0 bridgehead atoms. The summed E-state index contributed by atoms with van der Waals surface area (Å²) in [5.41, 5.74) is 1.28. The molecule has 0 radical (unpaired) electrons. The molecule has 1 aliphatic rings. The van der Waals surface area contributed by atoms with Crippen LogP contribution in [0.3, 0.4) is 0 Å². The lowest BCUT2D eigenvalue weighted by Crippen LogP contribution is -2.08. The smallest absolute Gasteiger partial charge is 0.356 e. The van der Waals surface area contributed by atoms with E-state index in [4.69, 9.17) is 4.74 Å². The maximum absolute atomic E-state index is 11.3. The van der Waals surface area contributed by atoms with Crippen molar-refractivity contribution in [2.24, 2.45) is 0 Å². The lowest BCUT2D eigenvalue weighted by Gasteiger charge is -2.07. The normalized spacial score (nSPS) is 20.2. The highest BCUT2D eigenvalue weighted by Gasteiger charge is 2.20. The Morgan fingerprint density at radius 1 is 1.60 bits per heavy atom. The Morgan fingerprint density at radius 3 is 3.13 bits per heavy atom. The zero-order valence-corrected chi connectivity index (χ0v) is 8.60. The first kappa shape index (κ1) is 10.1. The van der Waals surface area contributed by atoms with E-state index in [0.717, 1.165) is 18.7 Å². The van der Waals surface area contributed by atoms with Crippen LogP contribution in [0.1, 0.15) is 28.5 Å². The number of carbonyl (C=O) groups is 1. The van der Waals surface area contributed by atoms with Gasteiger partial charge < -0.3 is 9.47 Å². The number of methoxy groups -OCH3 is 1. The molecule has 2 heterocycles. The first-order valence-corrected chi connectivity index (χ1v) is 4.94. The summed E-state index contributed by atoms with van der Waals surface area (Å²) in [6.45, 7) is 1.46. The van der Waals surface area contributed by atoms with Crippen LogP contribution in [0.4, 0.5) is 0 Å². The fourth-order valence-corrected chi connectivity index (χ4v) is 1.66. The second-order valence-electron chi connectivity index (χ2n) is 3.50. The molecule has 0 aromatic carbocycles. The SMILES string of the molecule is COC(=O)c1cccc(C2CCOC2)n1. The van der Waals surface area contributed by atoms with Crippen LogP contribution in [0.25, 0.3) is 0 Å². The van der Waals surface area contributed by atoms with Gasteiger partial charge in [-0.2, -0.15) is 0 Å². The third kappa shape index (κ3) is 2.15. The van der Waals surface area contributed by atoms with E-state index in [1.165, 1.54) is 7.11 Å². The third-order valence-electron chi connectivity index (χ3n) is 2.51. The number of rotatable bonds is 2. The molecule has 1 aromatic heterocycles. The van der Waals surface area contributed by atoms with E-state index in [1.807, 2.05) is 12.1 Å². The van der Waals surface area contributed by atoms with Crippen molar-refractivity contribution in [3.8, 4) is 0 Å². The van der Waals surface area contributed by atoms with Crippen molar-refractivity contribution < 1.29 is 14.3 Å². The standard InChI is InChI=1S/C11H13NO3/c1-14-11(13)10-4-2-3-9(12-10)8-5-6-15-7-8/h2-4,8H,5-7H2,1H3.